The lowest BCUT2D eigenvalue weighted by molar-refractivity contribution is -0.155. The number of benzene rings is 1. The number of nitrogens with one attached hydrogen (secondary N) is 2. The molecule has 2 N–H and O–H groups in total. The SMILES string of the molecule is C=C(/C=C(F)\C=C(/C)OCCNCCCF)[C@@H]1c2[nH]c3ccccc3c2C[C@@H](C)N1CC(F)(F)F. The first-order valence-corrected chi connectivity index (χ1v) is 11.7. The van der Waals surface area contributed by atoms with Crippen LogP contribution in [0, 0.1) is 0 Å². The molecule has 0 fully saturated rings. The minimum Gasteiger partial charge on any atom is -0.497 e. The van der Waals surface area contributed by atoms with E-state index < -0.39 is 37.3 Å². The Hall–Kier alpha value is -2.65. The summed E-state index contributed by atoms with van der Waals surface area (Å²) in [5.41, 5.74) is 2.58. The normalized spacial score (nSPS) is 19.7. The van der Waals surface area contributed by atoms with E-state index in [-0.39, 0.29) is 12.2 Å². The molecule has 0 spiro atoms. The third kappa shape index (κ3) is 7.18. The Morgan fingerprint density at radius 1 is 1.26 bits per heavy atom. The Labute approximate surface area is 202 Å². The maximum atomic E-state index is 14.8. The third-order valence-electron chi connectivity index (χ3n) is 5.99. The summed E-state index contributed by atoms with van der Waals surface area (Å²) in [5, 5.41) is 3.95. The van der Waals surface area contributed by atoms with E-state index in [2.05, 4.69) is 16.9 Å². The number of aromatic amines is 1. The van der Waals surface area contributed by atoms with Gasteiger partial charge in [0.2, 0.25) is 0 Å². The van der Waals surface area contributed by atoms with Gasteiger partial charge >= 0.3 is 6.18 Å². The van der Waals surface area contributed by atoms with Gasteiger partial charge < -0.3 is 15.0 Å². The molecule has 192 valence electrons. The van der Waals surface area contributed by atoms with Crippen molar-refractivity contribution in [3.63, 3.8) is 0 Å². The van der Waals surface area contributed by atoms with Crippen LogP contribution in [0.4, 0.5) is 22.0 Å². The summed E-state index contributed by atoms with van der Waals surface area (Å²) in [6.07, 6.45) is -1.22. The molecule has 1 aliphatic heterocycles. The average molecular weight is 498 g/mol. The van der Waals surface area contributed by atoms with Gasteiger partial charge in [-0.2, -0.15) is 13.2 Å². The van der Waals surface area contributed by atoms with Crippen molar-refractivity contribution in [3.05, 3.63) is 71.4 Å². The Morgan fingerprint density at radius 3 is 2.71 bits per heavy atom. The molecule has 0 unspecified atom stereocenters. The van der Waals surface area contributed by atoms with E-state index in [1.807, 2.05) is 24.3 Å². The highest BCUT2D eigenvalue weighted by atomic mass is 19.4. The fraction of sp³-hybridized carbons (Fsp3) is 0.462. The molecule has 1 aromatic heterocycles. The van der Waals surface area contributed by atoms with Crippen LogP contribution in [0.5, 0.6) is 0 Å². The Bertz CT molecular complexity index is 1070. The summed E-state index contributed by atoms with van der Waals surface area (Å²) in [6.45, 7) is 7.06. The van der Waals surface area contributed by atoms with Gasteiger partial charge in [0.05, 0.1) is 25.0 Å². The number of para-hydroxylation sites is 1. The highest BCUT2D eigenvalue weighted by Crippen LogP contribution is 2.42. The topological polar surface area (TPSA) is 40.3 Å². The number of hydrogen-bond acceptors (Lipinski definition) is 3. The van der Waals surface area contributed by atoms with Gasteiger partial charge in [0.15, 0.2) is 0 Å². The lowest BCUT2D eigenvalue weighted by Gasteiger charge is -2.41. The van der Waals surface area contributed by atoms with E-state index in [0.717, 1.165) is 22.5 Å². The van der Waals surface area contributed by atoms with Crippen molar-refractivity contribution in [1.82, 2.24) is 15.2 Å². The Morgan fingerprint density at radius 2 is 2.00 bits per heavy atom. The molecule has 0 saturated carbocycles. The molecule has 2 heterocycles. The second kappa shape index (κ2) is 11.9. The lowest BCUT2D eigenvalue weighted by atomic mass is 9.88. The number of rotatable bonds is 11. The van der Waals surface area contributed by atoms with E-state index in [4.69, 9.17) is 4.74 Å². The van der Waals surface area contributed by atoms with Crippen molar-refractivity contribution in [1.29, 1.82) is 0 Å². The van der Waals surface area contributed by atoms with Gasteiger partial charge in [-0.05, 0) is 56.5 Å². The molecule has 0 amide bonds. The number of nitrogens with zero attached hydrogens (tertiary/aromatic N) is 1. The van der Waals surface area contributed by atoms with Crippen LogP contribution in [0.25, 0.3) is 10.9 Å². The molecule has 0 radical (unpaired) electrons. The van der Waals surface area contributed by atoms with Gasteiger partial charge in [0.25, 0.3) is 0 Å². The Kier molecular flexibility index (Phi) is 9.13. The summed E-state index contributed by atoms with van der Waals surface area (Å²) < 4.78 is 72.7. The molecule has 0 aliphatic carbocycles. The maximum absolute atomic E-state index is 14.8. The quantitative estimate of drug-likeness (QED) is 0.166. The van der Waals surface area contributed by atoms with Gasteiger partial charge in [-0.1, -0.05) is 24.8 Å². The predicted octanol–water partition coefficient (Wildman–Crippen LogP) is 6.30. The number of ether oxygens (including phenoxy) is 1. The molecule has 0 bridgehead atoms. The summed E-state index contributed by atoms with van der Waals surface area (Å²) in [5.74, 6) is -0.352. The lowest BCUT2D eigenvalue weighted by Crippen LogP contribution is -2.47. The number of hydrogen-bond donors (Lipinski definition) is 2. The molecule has 1 aromatic carbocycles. The maximum Gasteiger partial charge on any atom is 0.401 e. The second-order valence-corrected chi connectivity index (χ2v) is 8.81. The van der Waals surface area contributed by atoms with Crippen molar-refractivity contribution >= 4 is 10.9 Å². The van der Waals surface area contributed by atoms with Gasteiger partial charge in [-0.3, -0.25) is 9.29 Å². The summed E-state index contributed by atoms with van der Waals surface area (Å²) in [7, 11) is 0. The molecule has 2 aromatic rings. The molecule has 9 heteroatoms. The van der Waals surface area contributed by atoms with Crippen LogP contribution < -0.4 is 5.32 Å². The Balaban J connectivity index is 1.82. The van der Waals surface area contributed by atoms with Crippen molar-refractivity contribution in [3.8, 4) is 0 Å². The number of fused-ring (bicyclic) bond motifs is 3. The molecule has 0 saturated heterocycles. The second-order valence-electron chi connectivity index (χ2n) is 8.81. The molecule has 4 nitrogen and oxygen atoms in total. The van der Waals surface area contributed by atoms with Gasteiger partial charge in [-0.25, -0.2) is 4.39 Å². The summed E-state index contributed by atoms with van der Waals surface area (Å²) in [6, 6.07) is 6.27. The van der Waals surface area contributed by atoms with E-state index in [1.54, 1.807) is 13.8 Å². The number of aromatic nitrogens is 1. The van der Waals surface area contributed by atoms with E-state index in [1.165, 1.54) is 11.0 Å². The van der Waals surface area contributed by atoms with Gasteiger partial charge in [0, 0.05) is 35.3 Å². The van der Waals surface area contributed by atoms with Crippen molar-refractivity contribution in [2.75, 3.05) is 32.9 Å². The number of alkyl halides is 4. The molecular formula is C26H32F5N3O. The van der Waals surface area contributed by atoms with Crippen LogP contribution in [-0.2, 0) is 11.2 Å². The van der Waals surface area contributed by atoms with Crippen LogP contribution in [-0.4, -0.2) is 55.0 Å². The monoisotopic (exact) mass is 497 g/mol. The minimum absolute atomic E-state index is 0.211. The van der Waals surface area contributed by atoms with Crippen LogP contribution in [0.2, 0.25) is 0 Å². The fourth-order valence-corrected chi connectivity index (χ4v) is 4.49. The van der Waals surface area contributed by atoms with Gasteiger partial charge in [0.1, 0.15) is 12.4 Å². The van der Waals surface area contributed by atoms with Gasteiger partial charge in [-0.15, -0.1) is 0 Å². The first-order chi connectivity index (χ1) is 16.6. The number of H-pyrrole nitrogens is 1. The highest BCUT2D eigenvalue weighted by molar-refractivity contribution is 5.85. The standard InChI is InChI=1S/C26H32F5N3O/c1-17(13-20(28)15-19(3)35-12-11-32-10-6-9-27)25-24-22(21-7-4-5-8-23(21)33-24)14-18(2)34(25)16-26(29,30)31/h4-5,7-8,13,15,18,25,32-33H,1,6,9-12,14,16H2,2-3H3/b19-15+,20-13+/t18-,25-/m1/s1. The van der Waals surface area contributed by atoms with Crippen molar-refractivity contribution in [2.24, 2.45) is 0 Å². The fourth-order valence-electron chi connectivity index (χ4n) is 4.49. The molecule has 35 heavy (non-hydrogen) atoms. The van der Waals surface area contributed by atoms with Crippen molar-refractivity contribution < 1.29 is 26.7 Å². The molecule has 1 aliphatic rings. The molecule has 2 atom stereocenters. The zero-order valence-corrected chi connectivity index (χ0v) is 20.0. The first kappa shape index (κ1) is 26.9. The summed E-state index contributed by atoms with van der Waals surface area (Å²) >= 11 is 0. The predicted molar refractivity (Wildman–Crippen MR) is 128 cm³/mol. The zero-order chi connectivity index (χ0) is 25.6. The van der Waals surface area contributed by atoms with Crippen molar-refractivity contribution in [2.45, 2.75) is 44.9 Å². The van der Waals surface area contributed by atoms with Crippen LogP contribution in [0.3, 0.4) is 0 Å². The van der Waals surface area contributed by atoms with E-state index in [9.17, 15) is 22.0 Å². The first-order valence-electron chi connectivity index (χ1n) is 11.7. The van der Waals surface area contributed by atoms with Crippen LogP contribution in [0.1, 0.15) is 37.6 Å². The van der Waals surface area contributed by atoms with Crippen LogP contribution >= 0.6 is 0 Å². The molecular weight excluding hydrogens is 465 g/mol. The largest absolute Gasteiger partial charge is 0.497 e. The highest BCUT2D eigenvalue weighted by Gasteiger charge is 2.41. The minimum atomic E-state index is -4.42. The smallest absolute Gasteiger partial charge is 0.401 e. The zero-order valence-electron chi connectivity index (χ0n) is 20.0. The number of allylic oxidation sites excluding steroid dienone is 3. The van der Waals surface area contributed by atoms with E-state index in [0.29, 0.717) is 37.4 Å². The van der Waals surface area contributed by atoms with E-state index >= 15 is 0 Å². The average Bonchev–Trinajstić information content (AvgIpc) is 3.13. The molecule has 3 rings (SSSR count). The third-order valence-corrected chi connectivity index (χ3v) is 5.99. The number of halogens is 5. The summed E-state index contributed by atoms with van der Waals surface area (Å²) in [4.78, 5) is 4.57. The van der Waals surface area contributed by atoms with Crippen LogP contribution in [0.15, 0.2) is 60.2 Å².